The quantitative estimate of drug-likeness (QED) is 0.789. The second-order valence-electron chi connectivity index (χ2n) is 5.79. The summed E-state index contributed by atoms with van der Waals surface area (Å²) in [6.45, 7) is 8.80. The number of rotatable bonds is 3. The Bertz CT molecular complexity index is 289. The molecule has 5 nitrogen and oxygen atoms in total. The summed E-state index contributed by atoms with van der Waals surface area (Å²) in [6, 6.07) is 0. The predicted octanol–water partition coefficient (Wildman–Crippen LogP) is 0.651. The Morgan fingerprint density at radius 1 is 1.12 bits per heavy atom. The van der Waals surface area contributed by atoms with E-state index in [4.69, 9.17) is 5.11 Å². The van der Waals surface area contributed by atoms with Crippen molar-refractivity contribution in [2.75, 3.05) is 32.7 Å². The summed E-state index contributed by atoms with van der Waals surface area (Å²) in [7, 11) is 0. The van der Waals surface area contributed by atoms with Crippen molar-refractivity contribution in [2.45, 2.75) is 27.2 Å². The molecule has 1 fully saturated rings. The first kappa shape index (κ1) is 14.0. The van der Waals surface area contributed by atoms with Crippen LogP contribution in [-0.4, -0.2) is 59.5 Å². The summed E-state index contributed by atoms with van der Waals surface area (Å²) in [6.07, 6.45) is 0.548. The molecule has 1 rings (SSSR count). The molecule has 17 heavy (non-hydrogen) atoms. The molecular weight excluding hydrogens is 220 g/mol. The zero-order valence-corrected chi connectivity index (χ0v) is 10.9. The molecule has 0 atom stereocenters. The van der Waals surface area contributed by atoms with Gasteiger partial charge in [-0.2, -0.15) is 0 Å². The van der Waals surface area contributed by atoms with Gasteiger partial charge in [0.05, 0.1) is 6.54 Å². The zero-order chi connectivity index (χ0) is 13.1. The minimum absolute atomic E-state index is 0.00921. The predicted molar refractivity (Wildman–Crippen MR) is 64.7 cm³/mol. The molecule has 98 valence electrons. The highest BCUT2D eigenvalue weighted by molar-refractivity contribution is 5.77. The molecule has 1 heterocycles. The van der Waals surface area contributed by atoms with E-state index in [-0.39, 0.29) is 17.9 Å². The molecule has 0 aromatic heterocycles. The topological polar surface area (TPSA) is 60.9 Å². The zero-order valence-electron chi connectivity index (χ0n) is 10.9. The summed E-state index contributed by atoms with van der Waals surface area (Å²) >= 11 is 0. The average Bonchev–Trinajstić information content (AvgIpc) is 2.15. The first-order valence-corrected chi connectivity index (χ1v) is 6.00. The summed E-state index contributed by atoms with van der Waals surface area (Å²) < 4.78 is 0. The maximum Gasteiger partial charge on any atom is 0.317 e. The van der Waals surface area contributed by atoms with Crippen molar-refractivity contribution in [1.29, 1.82) is 0 Å². The van der Waals surface area contributed by atoms with Gasteiger partial charge in [-0.15, -0.1) is 0 Å². The summed E-state index contributed by atoms with van der Waals surface area (Å²) in [4.78, 5) is 26.2. The van der Waals surface area contributed by atoms with Crippen molar-refractivity contribution in [2.24, 2.45) is 5.41 Å². The number of carbonyl (C=O) groups is 2. The van der Waals surface area contributed by atoms with E-state index in [1.165, 1.54) is 0 Å². The number of aliphatic carboxylic acids is 1. The smallest absolute Gasteiger partial charge is 0.317 e. The van der Waals surface area contributed by atoms with Gasteiger partial charge in [-0.3, -0.25) is 14.5 Å². The summed E-state index contributed by atoms with van der Waals surface area (Å²) in [5.74, 6) is -0.632. The van der Waals surface area contributed by atoms with E-state index in [2.05, 4.69) is 0 Å². The molecule has 0 aliphatic carbocycles. The molecular formula is C12H22N2O3. The van der Waals surface area contributed by atoms with Gasteiger partial charge in [-0.25, -0.2) is 0 Å². The Balaban J connectivity index is 2.36. The van der Waals surface area contributed by atoms with Gasteiger partial charge in [-0.05, 0) is 5.41 Å². The molecule has 1 aliphatic heterocycles. The van der Waals surface area contributed by atoms with Crippen LogP contribution in [0.4, 0.5) is 0 Å². The van der Waals surface area contributed by atoms with Crippen molar-refractivity contribution in [3.63, 3.8) is 0 Å². The average molecular weight is 242 g/mol. The van der Waals surface area contributed by atoms with Crippen LogP contribution in [0.2, 0.25) is 0 Å². The molecule has 0 unspecified atom stereocenters. The van der Waals surface area contributed by atoms with Gasteiger partial charge in [0.1, 0.15) is 0 Å². The highest BCUT2D eigenvalue weighted by atomic mass is 16.4. The van der Waals surface area contributed by atoms with Gasteiger partial charge in [-0.1, -0.05) is 20.8 Å². The largest absolute Gasteiger partial charge is 0.480 e. The van der Waals surface area contributed by atoms with Gasteiger partial charge >= 0.3 is 5.97 Å². The molecule has 1 amide bonds. The minimum atomic E-state index is -0.806. The van der Waals surface area contributed by atoms with Crippen LogP contribution in [0.3, 0.4) is 0 Å². The summed E-state index contributed by atoms with van der Waals surface area (Å²) in [5, 5.41) is 8.67. The highest BCUT2D eigenvalue weighted by Gasteiger charge is 2.25. The van der Waals surface area contributed by atoms with Crippen LogP contribution in [0, 0.1) is 5.41 Å². The Morgan fingerprint density at radius 3 is 2.06 bits per heavy atom. The second-order valence-corrected chi connectivity index (χ2v) is 5.79. The Labute approximate surface area is 102 Å². The number of carbonyl (C=O) groups excluding carboxylic acids is 1. The first-order valence-electron chi connectivity index (χ1n) is 6.00. The third kappa shape index (κ3) is 5.17. The van der Waals surface area contributed by atoms with Gasteiger partial charge < -0.3 is 10.0 Å². The normalized spacial score (nSPS) is 18.2. The Morgan fingerprint density at radius 2 is 1.65 bits per heavy atom. The van der Waals surface area contributed by atoms with E-state index in [1.807, 2.05) is 30.6 Å². The molecule has 0 bridgehead atoms. The third-order valence-electron chi connectivity index (χ3n) is 2.77. The number of nitrogens with zero attached hydrogens (tertiary/aromatic N) is 2. The fraction of sp³-hybridized carbons (Fsp3) is 0.833. The van der Waals surface area contributed by atoms with Crippen molar-refractivity contribution in [3.05, 3.63) is 0 Å². The molecule has 1 aliphatic rings. The Hall–Kier alpha value is -1.10. The standard InChI is InChI=1S/C12H22N2O3/c1-12(2,3)8-10(15)14-6-4-13(5-7-14)9-11(16)17/h4-9H2,1-3H3,(H,16,17). The number of hydrogen-bond donors (Lipinski definition) is 1. The van der Waals surface area contributed by atoms with Gasteiger partial charge in [0.2, 0.25) is 5.91 Å². The fourth-order valence-corrected chi connectivity index (χ4v) is 1.91. The summed E-state index contributed by atoms with van der Waals surface area (Å²) in [5.41, 5.74) is 0.00921. The molecule has 1 saturated heterocycles. The second kappa shape index (κ2) is 5.49. The van der Waals surface area contributed by atoms with E-state index in [9.17, 15) is 9.59 Å². The monoisotopic (exact) mass is 242 g/mol. The van der Waals surface area contributed by atoms with Gasteiger partial charge in [0.15, 0.2) is 0 Å². The molecule has 5 heteroatoms. The van der Waals surface area contributed by atoms with Crippen LogP contribution in [0.1, 0.15) is 27.2 Å². The van der Waals surface area contributed by atoms with E-state index in [0.717, 1.165) is 0 Å². The van der Waals surface area contributed by atoms with Crippen LogP contribution in [0.15, 0.2) is 0 Å². The van der Waals surface area contributed by atoms with Crippen molar-refractivity contribution in [1.82, 2.24) is 9.80 Å². The lowest BCUT2D eigenvalue weighted by Crippen LogP contribution is -2.50. The number of carboxylic acids is 1. The maximum absolute atomic E-state index is 11.9. The van der Waals surface area contributed by atoms with Crippen LogP contribution in [0.25, 0.3) is 0 Å². The van der Waals surface area contributed by atoms with E-state index < -0.39 is 5.97 Å². The first-order chi connectivity index (χ1) is 7.78. The third-order valence-corrected chi connectivity index (χ3v) is 2.77. The Kier molecular flexibility index (Phi) is 4.51. The lowest BCUT2D eigenvalue weighted by Gasteiger charge is -2.35. The van der Waals surface area contributed by atoms with Crippen LogP contribution >= 0.6 is 0 Å². The SMILES string of the molecule is CC(C)(C)CC(=O)N1CCN(CC(=O)O)CC1. The van der Waals surface area contributed by atoms with Crippen LogP contribution < -0.4 is 0 Å². The van der Waals surface area contributed by atoms with E-state index in [0.29, 0.717) is 32.6 Å². The lowest BCUT2D eigenvalue weighted by atomic mass is 9.91. The number of hydrogen-bond acceptors (Lipinski definition) is 3. The van der Waals surface area contributed by atoms with E-state index in [1.54, 1.807) is 0 Å². The van der Waals surface area contributed by atoms with E-state index >= 15 is 0 Å². The van der Waals surface area contributed by atoms with Gasteiger partial charge in [0.25, 0.3) is 0 Å². The fourth-order valence-electron chi connectivity index (χ4n) is 1.91. The van der Waals surface area contributed by atoms with Gasteiger partial charge in [0, 0.05) is 32.6 Å². The molecule has 0 radical (unpaired) electrons. The maximum atomic E-state index is 11.9. The van der Waals surface area contributed by atoms with Crippen molar-refractivity contribution < 1.29 is 14.7 Å². The molecule has 1 N–H and O–H groups in total. The van der Waals surface area contributed by atoms with Crippen LogP contribution in [0.5, 0.6) is 0 Å². The minimum Gasteiger partial charge on any atom is -0.480 e. The molecule has 0 saturated carbocycles. The number of carboxylic acid groups (broad SMARTS) is 1. The molecule has 0 aromatic rings. The van der Waals surface area contributed by atoms with Crippen LogP contribution in [-0.2, 0) is 9.59 Å². The molecule has 0 aromatic carbocycles. The number of piperazine rings is 1. The number of amides is 1. The highest BCUT2D eigenvalue weighted by Crippen LogP contribution is 2.20. The molecule has 0 spiro atoms. The lowest BCUT2D eigenvalue weighted by molar-refractivity contribution is -0.139. The van der Waals surface area contributed by atoms with Crippen molar-refractivity contribution in [3.8, 4) is 0 Å². The van der Waals surface area contributed by atoms with Crippen molar-refractivity contribution >= 4 is 11.9 Å².